The fourth-order valence-corrected chi connectivity index (χ4v) is 3.78. The van der Waals surface area contributed by atoms with Gasteiger partial charge in [-0.3, -0.25) is 0 Å². The van der Waals surface area contributed by atoms with Crippen molar-refractivity contribution < 1.29 is 29.9 Å². The summed E-state index contributed by atoms with van der Waals surface area (Å²) in [5.41, 5.74) is 10.5. The number of ether oxygens (including phenoxy) is 2. The van der Waals surface area contributed by atoms with E-state index in [0.29, 0.717) is 30.0 Å². The van der Waals surface area contributed by atoms with Gasteiger partial charge in [-0.05, 0) is 48.1 Å². The first-order valence-electron chi connectivity index (χ1n) is 10.3. The largest absolute Gasteiger partial charge is 0.492 e. The molecule has 0 bridgehead atoms. The van der Waals surface area contributed by atoms with E-state index in [1.807, 2.05) is 13.0 Å². The lowest BCUT2D eigenvalue weighted by Gasteiger charge is -2.40. The van der Waals surface area contributed by atoms with Crippen molar-refractivity contribution in [3.05, 3.63) is 58.7 Å². The van der Waals surface area contributed by atoms with E-state index >= 15 is 0 Å². The summed E-state index contributed by atoms with van der Waals surface area (Å²) < 4.78 is 11.4. The monoisotopic (exact) mass is 417 g/mol. The Morgan fingerprint density at radius 1 is 0.967 bits per heavy atom. The van der Waals surface area contributed by atoms with Gasteiger partial charge < -0.3 is 35.6 Å². The third-order valence-corrected chi connectivity index (χ3v) is 5.60. The van der Waals surface area contributed by atoms with E-state index in [9.17, 15) is 20.4 Å². The highest BCUT2D eigenvalue weighted by Crippen LogP contribution is 2.38. The number of nitrogen functional groups attached to an aromatic ring is 1. The lowest BCUT2D eigenvalue weighted by atomic mass is 9.89. The average molecular weight is 418 g/mol. The molecule has 0 saturated carbocycles. The van der Waals surface area contributed by atoms with E-state index in [-0.39, 0.29) is 0 Å². The van der Waals surface area contributed by atoms with Gasteiger partial charge in [0, 0.05) is 0 Å². The first-order valence-corrected chi connectivity index (χ1v) is 10.3. The predicted octanol–water partition coefficient (Wildman–Crippen LogP) is 1.34. The molecule has 30 heavy (non-hydrogen) atoms. The van der Waals surface area contributed by atoms with E-state index in [4.69, 9.17) is 15.2 Å². The van der Waals surface area contributed by atoms with E-state index in [0.717, 1.165) is 17.5 Å². The van der Waals surface area contributed by atoms with Crippen LogP contribution in [0.1, 0.15) is 42.2 Å². The minimum absolute atomic E-state index is 0.410. The molecule has 0 amide bonds. The highest BCUT2D eigenvalue weighted by molar-refractivity contribution is 5.62. The van der Waals surface area contributed by atoms with Crippen molar-refractivity contribution in [2.24, 2.45) is 0 Å². The van der Waals surface area contributed by atoms with Crippen LogP contribution in [0.3, 0.4) is 0 Å². The molecule has 1 heterocycles. The molecular formula is C23H31NO6. The van der Waals surface area contributed by atoms with Crippen LogP contribution in [0.5, 0.6) is 5.75 Å². The fraction of sp³-hybridized carbons (Fsp3) is 0.478. The number of hydrogen-bond acceptors (Lipinski definition) is 7. The molecule has 0 aromatic heterocycles. The molecule has 0 spiro atoms. The highest BCUT2D eigenvalue weighted by atomic mass is 16.5. The third-order valence-electron chi connectivity index (χ3n) is 5.60. The Balaban J connectivity index is 1.97. The summed E-state index contributed by atoms with van der Waals surface area (Å²) >= 11 is 0. The molecule has 1 fully saturated rings. The zero-order chi connectivity index (χ0) is 21.8. The van der Waals surface area contributed by atoms with Crippen LogP contribution in [0.15, 0.2) is 36.4 Å². The average Bonchev–Trinajstić information content (AvgIpc) is 2.76. The molecule has 1 aliphatic heterocycles. The van der Waals surface area contributed by atoms with Crippen molar-refractivity contribution in [3.8, 4) is 5.75 Å². The van der Waals surface area contributed by atoms with E-state index < -0.39 is 37.1 Å². The van der Waals surface area contributed by atoms with Gasteiger partial charge in [0.1, 0.15) is 36.3 Å². The van der Waals surface area contributed by atoms with E-state index in [1.54, 1.807) is 6.07 Å². The van der Waals surface area contributed by atoms with Gasteiger partial charge >= 0.3 is 0 Å². The second-order valence-electron chi connectivity index (χ2n) is 7.62. The normalized spacial score (nSPS) is 26.5. The molecule has 0 aliphatic carbocycles. The number of aliphatic hydroxyl groups excluding tert-OH is 4. The van der Waals surface area contributed by atoms with Crippen molar-refractivity contribution >= 4 is 5.69 Å². The van der Waals surface area contributed by atoms with Gasteiger partial charge in [-0.2, -0.15) is 0 Å². The van der Waals surface area contributed by atoms with Crippen molar-refractivity contribution in [2.45, 2.75) is 57.2 Å². The van der Waals surface area contributed by atoms with Crippen LogP contribution >= 0.6 is 0 Å². The van der Waals surface area contributed by atoms with Crippen molar-refractivity contribution in [2.75, 3.05) is 18.9 Å². The number of rotatable bonds is 7. The Bertz CT molecular complexity index is 838. The van der Waals surface area contributed by atoms with Gasteiger partial charge in [0.05, 0.1) is 18.9 Å². The zero-order valence-corrected chi connectivity index (χ0v) is 17.4. The van der Waals surface area contributed by atoms with Crippen LogP contribution < -0.4 is 10.5 Å². The van der Waals surface area contributed by atoms with Gasteiger partial charge in [-0.1, -0.05) is 37.3 Å². The van der Waals surface area contributed by atoms with Crippen LogP contribution in [-0.2, 0) is 17.6 Å². The predicted molar refractivity (Wildman–Crippen MR) is 113 cm³/mol. The minimum Gasteiger partial charge on any atom is -0.492 e. The number of aryl methyl sites for hydroxylation is 1. The lowest BCUT2D eigenvalue weighted by Crippen LogP contribution is -2.55. The molecule has 0 radical (unpaired) electrons. The van der Waals surface area contributed by atoms with Crippen LogP contribution in [0.2, 0.25) is 0 Å². The van der Waals surface area contributed by atoms with Gasteiger partial charge in [-0.25, -0.2) is 0 Å². The second-order valence-corrected chi connectivity index (χ2v) is 7.62. The molecule has 1 saturated heterocycles. The lowest BCUT2D eigenvalue weighted by molar-refractivity contribution is -0.231. The Hall–Kier alpha value is -2.16. The SMILES string of the molecule is CCOc1cc([C@@H]2O[C@H](CO)[C@@H](O)[C@H](O)[C@H]2O)cc(Cc2ccc(CC)cc2)c1N. The van der Waals surface area contributed by atoms with Crippen LogP contribution in [0.4, 0.5) is 5.69 Å². The summed E-state index contributed by atoms with van der Waals surface area (Å²) in [4.78, 5) is 0. The van der Waals surface area contributed by atoms with E-state index in [2.05, 4.69) is 31.2 Å². The molecule has 164 valence electrons. The molecule has 1 aliphatic rings. The highest BCUT2D eigenvalue weighted by Gasteiger charge is 2.44. The van der Waals surface area contributed by atoms with Gasteiger partial charge in [0.15, 0.2) is 0 Å². The van der Waals surface area contributed by atoms with Crippen molar-refractivity contribution in [1.29, 1.82) is 0 Å². The minimum atomic E-state index is -1.45. The summed E-state index contributed by atoms with van der Waals surface area (Å²) in [6, 6.07) is 11.8. The maximum Gasteiger partial charge on any atom is 0.142 e. The second kappa shape index (κ2) is 9.76. The maximum absolute atomic E-state index is 10.5. The van der Waals surface area contributed by atoms with Crippen LogP contribution in [-0.4, -0.2) is 58.1 Å². The number of anilines is 1. The summed E-state index contributed by atoms with van der Waals surface area (Å²) in [5, 5.41) is 40.2. The third kappa shape index (κ3) is 4.61. The summed E-state index contributed by atoms with van der Waals surface area (Å²) in [6.45, 7) is 3.88. The molecule has 2 aromatic rings. The zero-order valence-electron chi connectivity index (χ0n) is 17.4. The first-order chi connectivity index (χ1) is 14.4. The Labute approximate surface area is 176 Å². The molecule has 7 heteroatoms. The molecule has 5 atom stereocenters. The summed E-state index contributed by atoms with van der Waals surface area (Å²) in [5.74, 6) is 0.465. The van der Waals surface area contributed by atoms with Crippen molar-refractivity contribution in [1.82, 2.24) is 0 Å². The van der Waals surface area contributed by atoms with Gasteiger partial charge in [-0.15, -0.1) is 0 Å². The number of benzene rings is 2. The van der Waals surface area contributed by atoms with Crippen molar-refractivity contribution in [3.63, 3.8) is 0 Å². The topological polar surface area (TPSA) is 125 Å². The number of hydrogen-bond donors (Lipinski definition) is 5. The number of nitrogens with two attached hydrogens (primary N) is 1. The maximum atomic E-state index is 10.5. The summed E-state index contributed by atoms with van der Waals surface area (Å²) in [7, 11) is 0. The first kappa shape index (κ1) is 22.5. The summed E-state index contributed by atoms with van der Waals surface area (Å²) in [6.07, 6.45) is -4.62. The van der Waals surface area contributed by atoms with Gasteiger partial charge in [0.25, 0.3) is 0 Å². The number of aliphatic hydroxyl groups is 4. The fourth-order valence-electron chi connectivity index (χ4n) is 3.78. The quantitative estimate of drug-likeness (QED) is 0.431. The van der Waals surface area contributed by atoms with Gasteiger partial charge in [0.2, 0.25) is 0 Å². The standard InChI is InChI=1S/C23H31NO6/c1-3-13-5-7-14(8-6-13)9-15-10-16(11-17(19(15)24)29-4-2)23-22(28)21(27)20(26)18(12-25)30-23/h5-8,10-11,18,20-23,25-28H,3-4,9,12,24H2,1-2H3/t18-,20-,21+,22-,23+/m1/s1. The molecular weight excluding hydrogens is 386 g/mol. The van der Waals surface area contributed by atoms with E-state index in [1.165, 1.54) is 5.56 Å². The molecule has 6 N–H and O–H groups in total. The van der Waals surface area contributed by atoms with Crippen LogP contribution in [0, 0.1) is 0 Å². The molecule has 2 aromatic carbocycles. The molecule has 7 nitrogen and oxygen atoms in total. The smallest absolute Gasteiger partial charge is 0.142 e. The molecule has 3 rings (SSSR count). The Morgan fingerprint density at radius 3 is 2.23 bits per heavy atom. The van der Waals surface area contributed by atoms with Crippen LogP contribution in [0.25, 0.3) is 0 Å². The Kier molecular flexibility index (Phi) is 7.33. The molecule has 0 unspecified atom stereocenters. The Morgan fingerprint density at radius 2 is 1.63 bits per heavy atom.